The number of hydrogen-bond donors (Lipinski definition) is 1. The molecule has 104 valence electrons. The molecule has 0 radical (unpaired) electrons. The van der Waals surface area contributed by atoms with E-state index in [1.807, 2.05) is 42.5 Å². The van der Waals surface area contributed by atoms with Gasteiger partial charge in [-0.1, -0.05) is 40.2 Å². The van der Waals surface area contributed by atoms with Crippen LogP contribution in [0.15, 0.2) is 46.9 Å². The molecule has 0 saturated carbocycles. The average molecular weight is 335 g/mol. The summed E-state index contributed by atoms with van der Waals surface area (Å²) in [6.45, 7) is 0. The Morgan fingerprint density at radius 3 is 2.80 bits per heavy atom. The first-order valence-electron chi connectivity index (χ1n) is 6.45. The summed E-state index contributed by atoms with van der Waals surface area (Å²) in [6.07, 6.45) is -0.213. The van der Waals surface area contributed by atoms with Gasteiger partial charge < -0.3 is 14.6 Å². The van der Waals surface area contributed by atoms with Crippen LogP contribution in [0.2, 0.25) is 0 Å². The zero-order valence-electron chi connectivity index (χ0n) is 11.0. The second-order valence-electron chi connectivity index (χ2n) is 4.80. The van der Waals surface area contributed by atoms with Gasteiger partial charge in [-0.15, -0.1) is 0 Å². The van der Waals surface area contributed by atoms with Gasteiger partial charge in [0.2, 0.25) is 0 Å². The predicted molar refractivity (Wildman–Crippen MR) is 80.2 cm³/mol. The van der Waals surface area contributed by atoms with Crippen LogP contribution in [0.1, 0.15) is 17.2 Å². The SMILES string of the molecule is COc1ccc(C(O)C2Cc3ccccc3O2)c(Br)c1. The van der Waals surface area contributed by atoms with E-state index in [0.29, 0.717) is 0 Å². The fraction of sp³-hybridized carbons (Fsp3) is 0.250. The van der Waals surface area contributed by atoms with Gasteiger partial charge in [-0.05, 0) is 29.3 Å². The molecule has 2 aromatic carbocycles. The minimum Gasteiger partial charge on any atom is -0.497 e. The van der Waals surface area contributed by atoms with Gasteiger partial charge in [0, 0.05) is 10.9 Å². The number of methoxy groups -OCH3 is 1. The number of ether oxygens (including phenoxy) is 2. The highest BCUT2D eigenvalue weighted by Gasteiger charge is 2.30. The second-order valence-corrected chi connectivity index (χ2v) is 5.65. The van der Waals surface area contributed by atoms with E-state index in [-0.39, 0.29) is 6.10 Å². The lowest BCUT2D eigenvalue weighted by atomic mass is 10.0. The summed E-state index contributed by atoms with van der Waals surface area (Å²) in [5.41, 5.74) is 1.95. The predicted octanol–water partition coefficient (Wildman–Crippen LogP) is 3.49. The van der Waals surface area contributed by atoms with Crippen LogP contribution in [0.25, 0.3) is 0 Å². The zero-order valence-corrected chi connectivity index (χ0v) is 12.6. The van der Waals surface area contributed by atoms with E-state index >= 15 is 0 Å². The highest BCUT2D eigenvalue weighted by molar-refractivity contribution is 9.10. The summed E-state index contributed by atoms with van der Waals surface area (Å²) >= 11 is 3.48. The first-order chi connectivity index (χ1) is 9.69. The molecule has 20 heavy (non-hydrogen) atoms. The Morgan fingerprint density at radius 2 is 2.10 bits per heavy atom. The van der Waals surface area contributed by atoms with E-state index in [2.05, 4.69) is 15.9 Å². The molecule has 1 aliphatic heterocycles. The van der Waals surface area contributed by atoms with Crippen molar-refractivity contribution in [2.24, 2.45) is 0 Å². The molecule has 1 heterocycles. The molecule has 2 atom stereocenters. The lowest BCUT2D eigenvalue weighted by molar-refractivity contribution is 0.0487. The van der Waals surface area contributed by atoms with Crippen molar-refractivity contribution in [3.8, 4) is 11.5 Å². The lowest BCUT2D eigenvalue weighted by Crippen LogP contribution is -2.23. The van der Waals surface area contributed by atoms with Crippen LogP contribution >= 0.6 is 15.9 Å². The quantitative estimate of drug-likeness (QED) is 0.933. The molecule has 4 heteroatoms. The molecule has 0 aromatic heterocycles. The lowest BCUT2D eigenvalue weighted by Gasteiger charge is -2.20. The van der Waals surface area contributed by atoms with E-state index in [1.165, 1.54) is 0 Å². The van der Waals surface area contributed by atoms with Crippen molar-refractivity contribution in [2.45, 2.75) is 18.6 Å². The van der Waals surface area contributed by atoms with E-state index in [0.717, 1.165) is 33.5 Å². The third-order valence-corrected chi connectivity index (χ3v) is 4.24. The van der Waals surface area contributed by atoms with Gasteiger partial charge in [0.05, 0.1) is 7.11 Å². The van der Waals surface area contributed by atoms with E-state index in [1.54, 1.807) is 7.11 Å². The van der Waals surface area contributed by atoms with Crippen molar-refractivity contribution in [2.75, 3.05) is 7.11 Å². The van der Waals surface area contributed by atoms with Gasteiger partial charge in [0.15, 0.2) is 0 Å². The minimum absolute atomic E-state index is 0.253. The van der Waals surface area contributed by atoms with E-state index < -0.39 is 6.10 Å². The van der Waals surface area contributed by atoms with Crippen LogP contribution in [0, 0.1) is 0 Å². The highest BCUT2D eigenvalue weighted by Crippen LogP contribution is 2.36. The Morgan fingerprint density at radius 1 is 1.30 bits per heavy atom. The maximum Gasteiger partial charge on any atom is 0.133 e. The number of aliphatic hydroxyl groups excluding tert-OH is 1. The molecule has 0 saturated heterocycles. The normalized spacial score (nSPS) is 18.2. The van der Waals surface area contributed by atoms with Gasteiger partial charge in [-0.3, -0.25) is 0 Å². The van der Waals surface area contributed by atoms with Crippen molar-refractivity contribution < 1.29 is 14.6 Å². The smallest absolute Gasteiger partial charge is 0.133 e. The zero-order chi connectivity index (χ0) is 14.1. The molecule has 0 fully saturated rings. The van der Waals surface area contributed by atoms with Crippen LogP contribution in [0.3, 0.4) is 0 Å². The van der Waals surface area contributed by atoms with Gasteiger partial charge in [-0.2, -0.15) is 0 Å². The molecule has 3 rings (SSSR count). The van der Waals surface area contributed by atoms with E-state index in [4.69, 9.17) is 9.47 Å². The summed E-state index contributed by atoms with van der Waals surface area (Å²) in [4.78, 5) is 0. The summed E-state index contributed by atoms with van der Waals surface area (Å²) in [5.74, 6) is 1.62. The van der Waals surface area contributed by atoms with Crippen molar-refractivity contribution in [3.63, 3.8) is 0 Å². The van der Waals surface area contributed by atoms with Gasteiger partial charge in [0.25, 0.3) is 0 Å². The van der Waals surface area contributed by atoms with Crippen LogP contribution in [0.4, 0.5) is 0 Å². The van der Waals surface area contributed by atoms with Crippen LogP contribution in [0.5, 0.6) is 11.5 Å². The molecule has 0 spiro atoms. The van der Waals surface area contributed by atoms with Crippen LogP contribution in [-0.2, 0) is 6.42 Å². The Kier molecular flexibility index (Phi) is 3.68. The fourth-order valence-electron chi connectivity index (χ4n) is 2.46. The van der Waals surface area contributed by atoms with Crippen LogP contribution in [-0.4, -0.2) is 18.3 Å². The molecule has 2 aromatic rings. The number of hydrogen-bond acceptors (Lipinski definition) is 3. The Balaban J connectivity index is 1.82. The highest BCUT2D eigenvalue weighted by atomic mass is 79.9. The molecular weight excluding hydrogens is 320 g/mol. The molecule has 1 N–H and O–H groups in total. The van der Waals surface area contributed by atoms with Gasteiger partial charge >= 0.3 is 0 Å². The average Bonchev–Trinajstić information content (AvgIpc) is 2.90. The standard InChI is InChI=1S/C16H15BrO3/c1-19-11-6-7-12(13(17)9-11)16(18)15-8-10-4-2-3-5-14(10)20-15/h2-7,9,15-16,18H,8H2,1H3. The number of benzene rings is 2. The third kappa shape index (κ3) is 2.41. The molecule has 2 unspecified atom stereocenters. The molecule has 0 aliphatic carbocycles. The molecule has 1 aliphatic rings. The summed E-state index contributed by atoms with van der Waals surface area (Å²) in [6, 6.07) is 13.4. The first-order valence-corrected chi connectivity index (χ1v) is 7.24. The van der Waals surface area contributed by atoms with Crippen molar-refractivity contribution in [3.05, 3.63) is 58.1 Å². The summed E-state index contributed by atoms with van der Waals surface area (Å²) in [7, 11) is 1.62. The van der Waals surface area contributed by atoms with Crippen molar-refractivity contribution in [1.82, 2.24) is 0 Å². The van der Waals surface area contributed by atoms with Gasteiger partial charge in [-0.25, -0.2) is 0 Å². The Bertz CT molecular complexity index is 602. The molecule has 0 bridgehead atoms. The fourth-order valence-corrected chi connectivity index (χ4v) is 3.05. The van der Waals surface area contributed by atoms with Crippen molar-refractivity contribution in [1.29, 1.82) is 0 Å². The maximum atomic E-state index is 10.5. The first kappa shape index (κ1) is 13.5. The van der Waals surface area contributed by atoms with E-state index in [9.17, 15) is 5.11 Å². The molecular formula is C16H15BrO3. The maximum absolute atomic E-state index is 10.5. The number of rotatable bonds is 3. The number of aliphatic hydroxyl groups is 1. The number of halogens is 1. The second kappa shape index (κ2) is 5.46. The number of para-hydroxylation sites is 1. The van der Waals surface area contributed by atoms with Gasteiger partial charge in [0.1, 0.15) is 23.7 Å². The topological polar surface area (TPSA) is 38.7 Å². The minimum atomic E-state index is -0.678. The Labute approximate surface area is 126 Å². The summed E-state index contributed by atoms with van der Waals surface area (Å²) < 4.78 is 11.8. The molecule has 3 nitrogen and oxygen atoms in total. The number of fused-ring (bicyclic) bond motifs is 1. The molecule has 0 amide bonds. The van der Waals surface area contributed by atoms with Crippen molar-refractivity contribution >= 4 is 15.9 Å². The van der Waals surface area contributed by atoms with Crippen LogP contribution < -0.4 is 9.47 Å². The monoisotopic (exact) mass is 334 g/mol. The largest absolute Gasteiger partial charge is 0.497 e. The third-order valence-electron chi connectivity index (χ3n) is 3.55. The summed E-state index contributed by atoms with van der Waals surface area (Å²) in [5, 5.41) is 10.5. The Hall–Kier alpha value is -1.52.